The summed E-state index contributed by atoms with van der Waals surface area (Å²) in [5.74, 6) is -1.87. The molecular weight excluding hydrogens is 376 g/mol. The molecule has 2 aliphatic carbocycles. The van der Waals surface area contributed by atoms with Crippen LogP contribution in [-0.4, -0.2) is 51.8 Å². The summed E-state index contributed by atoms with van der Waals surface area (Å²) < 4.78 is 11.1. The van der Waals surface area contributed by atoms with Crippen LogP contribution in [0.25, 0.3) is 0 Å². The largest absolute Gasteiger partial charge is 0.465 e. The lowest BCUT2D eigenvalue weighted by Crippen LogP contribution is -2.76. The Balaban J connectivity index is 1.84. The van der Waals surface area contributed by atoms with Crippen LogP contribution in [0.15, 0.2) is 30.3 Å². The molecule has 0 aromatic heterocycles. The number of ether oxygens (including phenoxy) is 2. The van der Waals surface area contributed by atoms with Crippen molar-refractivity contribution in [1.29, 1.82) is 0 Å². The van der Waals surface area contributed by atoms with E-state index in [2.05, 4.69) is 0 Å². The SMILES string of the molecule is C[C@@H]1C[C@H](OC(=O)c2ccccc2)[C@@]2(O)[C@]13CC(=O)OC[C@]2(C)[C@@](C)(O)C(=O)C3. The molecule has 0 unspecified atom stereocenters. The van der Waals surface area contributed by atoms with E-state index in [1.54, 1.807) is 37.3 Å². The smallest absolute Gasteiger partial charge is 0.338 e. The number of ketones is 1. The molecule has 0 spiro atoms. The van der Waals surface area contributed by atoms with Crippen molar-refractivity contribution >= 4 is 17.7 Å². The van der Waals surface area contributed by atoms with Gasteiger partial charge in [-0.25, -0.2) is 4.79 Å². The number of esters is 2. The summed E-state index contributed by atoms with van der Waals surface area (Å²) in [6.07, 6.45) is -1.06. The Kier molecular flexibility index (Phi) is 4.23. The maximum Gasteiger partial charge on any atom is 0.338 e. The molecule has 7 nitrogen and oxygen atoms in total. The Labute approximate surface area is 169 Å². The second kappa shape index (κ2) is 6.12. The van der Waals surface area contributed by atoms with Crippen LogP contribution in [0.1, 0.15) is 50.4 Å². The molecular formula is C22H26O7. The van der Waals surface area contributed by atoms with Crippen LogP contribution >= 0.6 is 0 Å². The molecule has 1 aromatic rings. The predicted octanol–water partition coefficient (Wildman–Crippen LogP) is 1.65. The predicted molar refractivity (Wildman–Crippen MR) is 101 cm³/mol. The number of Topliss-reactive ketones (excluding diaryl/α,β-unsaturated/α-hetero) is 1. The van der Waals surface area contributed by atoms with Crippen molar-refractivity contribution in [3.8, 4) is 0 Å². The van der Waals surface area contributed by atoms with Gasteiger partial charge in [0.1, 0.15) is 23.9 Å². The van der Waals surface area contributed by atoms with Crippen LogP contribution in [0.2, 0.25) is 0 Å². The van der Waals surface area contributed by atoms with Crippen molar-refractivity contribution in [2.24, 2.45) is 16.7 Å². The fourth-order valence-corrected chi connectivity index (χ4v) is 5.83. The third-order valence-electron chi connectivity index (χ3n) is 7.91. The summed E-state index contributed by atoms with van der Waals surface area (Å²) in [5.41, 5.74) is -6.13. The Morgan fingerprint density at radius 1 is 1.14 bits per heavy atom. The first-order chi connectivity index (χ1) is 13.5. The van der Waals surface area contributed by atoms with Crippen LogP contribution in [-0.2, 0) is 19.1 Å². The normalized spacial score (nSPS) is 43.9. The molecule has 7 heteroatoms. The van der Waals surface area contributed by atoms with E-state index in [9.17, 15) is 24.6 Å². The number of cyclic esters (lactones) is 1. The van der Waals surface area contributed by atoms with Crippen molar-refractivity contribution in [2.75, 3.05) is 6.61 Å². The van der Waals surface area contributed by atoms with Crippen LogP contribution in [0.3, 0.4) is 0 Å². The molecule has 1 saturated heterocycles. The summed E-state index contributed by atoms with van der Waals surface area (Å²) in [5, 5.41) is 23.3. The van der Waals surface area contributed by atoms with Gasteiger partial charge < -0.3 is 19.7 Å². The van der Waals surface area contributed by atoms with Gasteiger partial charge in [-0.1, -0.05) is 32.0 Å². The standard InChI is InChI=1S/C22H26O7/c1-13-9-16(29-18(25)14-7-5-4-6-8-14)22(27)19(2)12-28-17(24)11-21(13,22)10-15(23)20(19,3)26/h4-8,13,16,26-27H,9-12H2,1-3H3/t13-,16+,19-,20+,21-,22+/m1/s1. The highest BCUT2D eigenvalue weighted by Crippen LogP contribution is 2.69. The number of carbonyl (C=O) groups is 3. The van der Waals surface area contributed by atoms with E-state index >= 15 is 0 Å². The van der Waals surface area contributed by atoms with Crippen LogP contribution in [0.4, 0.5) is 0 Å². The molecule has 0 amide bonds. The molecule has 156 valence electrons. The first-order valence-corrected chi connectivity index (χ1v) is 9.89. The highest BCUT2D eigenvalue weighted by Gasteiger charge is 2.81. The van der Waals surface area contributed by atoms with Gasteiger partial charge in [-0.05, 0) is 31.4 Å². The minimum atomic E-state index is -1.95. The molecule has 6 atom stereocenters. The fourth-order valence-electron chi connectivity index (χ4n) is 5.83. The Bertz CT molecular complexity index is 878. The lowest BCUT2D eigenvalue weighted by molar-refractivity contribution is -0.271. The second-order valence-corrected chi connectivity index (χ2v) is 9.16. The summed E-state index contributed by atoms with van der Waals surface area (Å²) in [7, 11) is 0. The molecule has 29 heavy (non-hydrogen) atoms. The van der Waals surface area contributed by atoms with Crippen LogP contribution < -0.4 is 0 Å². The van der Waals surface area contributed by atoms with Crippen molar-refractivity contribution in [3.63, 3.8) is 0 Å². The van der Waals surface area contributed by atoms with Crippen molar-refractivity contribution < 1.29 is 34.1 Å². The molecule has 1 aliphatic heterocycles. The highest BCUT2D eigenvalue weighted by molar-refractivity contribution is 5.92. The fraction of sp³-hybridized carbons (Fsp3) is 0.591. The van der Waals surface area contributed by atoms with E-state index in [-0.39, 0.29) is 31.8 Å². The molecule has 2 saturated carbocycles. The van der Waals surface area contributed by atoms with Gasteiger partial charge in [0.05, 0.1) is 17.4 Å². The van der Waals surface area contributed by atoms with Gasteiger partial charge in [0, 0.05) is 11.8 Å². The van der Waals surface area contributed by atoms with Gasteiger partial charge in [-0.15, -0.1) is 0 Å². The maximum atomic E-state index is 12.9. The topological polar surface area (TPSA) is 110 Å². The second-order valence-electron chi connectivity index (χ2n) is 9.16. The lowest BCUT2D eigenvalue weighted by atomic mass is 9.46. The molecule has 1 heterocycles. The molecule has 1 aromatic carbocycles. The number of hydrogen-bond donors (Lipinski definition) is 2. The van der Waals surface area contributed by atoms with Gasteiger partial charge in [0.15, 0.2) is 5.78 Å². The molecule has 2 bridgehead atoms. The van der Waals surface area contributed by atoms with E-state index < -0.39 is 45.9 Å². The quantitative estimate of drug-likeness (QED) is 0.724. The first kappa shape index (κ1) is 20.0. The lowest BCUT2D eigenvalue weighted by Gasteiger charge is -2.61. The monoisotopic (exact) mass is 402 g/mol. The summed E-state index contributed by atoms with van der Waals surface area (Å²) in [6.45, 7) is 4.39. The van der Waals surface area contributed by atoms with E-state index in [0.717, 1.165) is 0 Å². The molecule has 3 fully saturated rings. The number of aliphatic hydroxyl groups is 2. The van der Waals surface area contributed by atoms with Gasteiger partial charge in [0.25, 0.3) is 0 Å². The van der Waals surface area contributed by atoms with Crippen molar-refractivity contribution in [2.45, 2.75) is 57.3 Å². The molecule has 4 rings (SSSR count). The summed E-state index contributed by atoms with van der Waals surface area (Å²) in [4.78, 5) is 38.1. The summed E-state index contributed by atoms with van der Waals surface area (Å²) in [6, 6.07) is 8.42. The Hall–Kier alpha value is -2.25. The minimum Gasteiger partial charge on any atom is -0.465 e. The van der Waals surface area contributed by atoms with Gasteiger partial charge in [-0.2, -0.15) is 0 Å². The molecule has 0 radical (unpaired) electrons. The van der Waals surface area contributed by atoms with Gasteiger partial charge in [-0.3, -0.25) is 9.59 Å². The number of carbonyl (C=O) groups excluding carboxylic acids is 3. The van der Waals surface area contributed by atoms with Crippen LogP contribution in [0.5, 0.6) is 0 Å². The van der Waals surface area contributed by atoms with E-state index in [0.29, 0.717) is 5.56 Å². The zero-order chi connectivity index (χ0) is 21.2. The molecule has 2 N–H and O–H groups in total. The van der Waals surface area contributed by atoms with Gasteiger partial charge in [0.2, 0.25) is 0 Å². The Morgan fingerprint density at radius 2 is 1.79 bits per heavy atom. The number of benzene rings is 1. The van der Waals surface area contributed by atoms with Crippen molar-refractivity contribution in [3.05, 3.63) is 35.9 Å². The average Bonchev–Trinajstić information content (AvgIpc) is 2.83. The van der Waals surface area contributed by atoms with Crippen LogP contribution in [0, 0.1) is 16.7 Å². The maximum absolute atomic E-state index is 12.9. The van der Waals surface area contributed by atoms with E-state index in [4.69, 9.17) is 9.47 Å². The minimum absolute atomic E-state index is 0.165. The molecule has 3 aliphatic rings. The Morgan fingerprint density at radius 3 is 2.45 bits per heavy atom. The average molecular weight is 402 g/mol. The summed E-state index contributed by atoms with van der Waals surface area (Å²) >= 11 is 0. The third kappa shape index (κ3) is 2.34. The first-order valence-electron chi connectivity index (χ1n) is 9.89. The van der Waals surface area contributed by atoms with E-state index in [1.807, 2.05) is 6.92 Å². The van der Waals surface area contributed by atoms with E-state index in [1.165, 1.54) is 6.92 Å². The van der Waals surface area contributed by atoms with Crippen molar-refractivity contribution in [1.82, 2.24) is 0 Å². The zero-order valence-electron chi connectivity index (χ0n) is 16.8. The van der Waals surface area contributed by atoms with Gasteiger partial charge >= 0.3 is 11.9 Å². The third-order valence-corrected chi connectivity index (χ3v) is 7.91. The number of hydrogen-bond acceptors (Lipinski definition) is 7. The highest BCUT2D eigenvalue weighted by atomic mass is 16.6. The number of rotatable bonds is 2. The zero-order valence-corrected chi connectivity index (χ0v) is 16.8.